The van der Waals surface area contributed by atoms with E-state index in [9.17, 15) is 0 Å². The second kappa shape index (κ2) is 3.93. The molecular formula is C8H12N2O. The van der Waals surface area contributed by atoms with Crippen molar-refractivity contribution >= 4 is 0 Å². The van der Waals surface area contributed by atoms with E-state index >= 15 is 0 Å². The molecule has 0 aromatic carbocycles. The third kappa shape index (κ3) is 1.91. The fraction of sp³-hybridized carbons (Fsp3) is 0.375. The molecule has 1 aromatic rings. The van der Waals surface area contributed by atoms with E-state index in [1.54, 1.807) is 12.4 Å². The molecule has 1 heterocycles. The van der Waals surface area contributed by atoms with Gasteiger partial charge in [-0.3, -0.25) is 4.98 Å². The zero-order chi connectivity index (χ0) is 8.10. The van der Waals surface area contributed by atoms with Gasteiger partial charge in [0.05, 0.1) is 12.8 Å². The number of aromatic nitrogens is 1. The van der Waals surface area contributed by atoms with Gasteiger partial charge in [-0.1, -0.05) is 0 Å². The standard InChI is InChI=1S/C8H12N2O/c1-2-11-8-6-10-4-3-7(8)5-9/h3-4,6H,2,5,9H2,1H3. The Morgan fingerprint density at radius 1 is 1.64 bits per heavy atom. The van der Waals surface area contributed by atoms with E-state index in [-0.39, 0.29) is 0 Å². The molecule has 2 N–H and O–H groups in total. The summed E-state index contributed by atoms with van der Waals surface area (Å²) >= 11 is 0. The van der Waals surface area contributed by atoms with Crippen LogP contribution >= 0.6 is 0 Å². The van der Waals surface area contributed by atoms with Crippen LogP contribution in [0.1, 0.15) is 12.5 Å². The predicted molar refractivity (Wildman–Crippen MR) is 43.3 cm³/mol. The van der Waals surface area contributed by atoms with E-state index in [2.05, 4.69) is 4.98 Å². The second-order valence-corrected chi connectivity index (χ2v) is 2.12. The van der Waals surface area contributed by atoms with Crippen LogP contribution in [0.5, 0.6) is 5.75 Å². The van der Waals surface area contributed by atoms with Gasteiger partial charge in [-0.15, -0.1) is 0 Å². The van der Waals surface area contributed by atoms with E-state index in [1.165, 1.54) is 0 Å². The van der Waals surface area contributed by atoms with Gasteiger partial charge < -0.3 is 10.5 Å². The molecule has 0 aliphatic rings. The summed E-state index contributed by atoms with van der Waals surface area (Å²) in [5, 5.41) is 0. The number of rotatable bonds is 3. The zero-order valence-electron chi connectivity index (χ0n) is 6.58. The van der Waals surface area contributed by atoms with Crippen LogP contribution in [0.25, 0.3) is 0 Å². The first-order valence-electron chi connectivity index (χ1n) is 3.64. The quantitative estimate of drug-likeness (QED) is 0.701. The van der Waals surface area contributed by atoms with Gasteiger partial charge >= 0.3 is 0 Å². The van der Waals surface area contributed by atoms with Crippen molar-refractivity contribution in [1.82, 2.24) is 4.98 Å². The molecule has 0 fully saturated rings. The maximum Gasteiger partial charge on any atom is 0.142 e. The van der Waals surface area contributed by atoms with Gasteiger partial charge in [0.2, 0.25) is 0 Å². The Hall–Kier alpha value is -1.09. The van der Waals surface area contributed by atoms with Crippen molar-refractivity contribution in [3.05, 3.63) is 24.0 Å². The average molecular weight is 152 g/mol. The van der Waals surface area contributed by atoms with Gasteiger partial charge in [-0.25, -0.2) is 0 Å². The Kier molecular flexibility index (Phi) is 2.86. The van der Waals surface area contributed by atoms with Gasteiger partial charge in [0.15, 0.2) is 0 Å². The van der Waals surface area contributed by atoms with E-state index in [1.807, 2.05) is 13.0 Å². The highest BCUT2D eigenvalue weighted by Gasteiger charge is 1.98. The summed E-state index contributed by atoms with van der Waals surface area (Å²) in [4.78, 5) is 3.93. The summed E-state index contributed by atoms with van der Waals surface area (Å²) in [6.45, 7) is 3.09. The minimum absolute atomic E-state index is 0.498. The third-order valence-electron chi connectivity index (χ3n) is 1.39. The van der Waals surface area contributed by atoms with Gasteiger partial charge in [-0.2, -0.15) is 0 Å². The van der Waals surface area contributed by atoms with Crippen LogP contribution in [0.2, 0.25) is 0 Å². The fourth-order valence-corrected chi connectivity index (χ4v) is 0.863. The summed E-state index contributed by atoms with van der Waals surface area (Å²) in [5.74, 6) is 0.789. The van der Waals surface area contributed by atoms with Gasteiger partial charge in [0.1, 0.15) is 5.75 Å². The molecule has 0 aliphatic carbocycles. The zero-order valence-corrected chi connectivity index (χ0v) is 6.58. The van der Waals surface area contributed by atoms with Crippen LogP contribution in [-0.4, -0.2) is 11.6 Å². The minimum Gasteiger partial charge on any atom is -0.492 e. The molecule has 60 valence electrons. The molecule has 0 atom stereocenters. The molecule has 0 aliphatic heterocycles. The van der Waals surface area contributed by atoms with Crippen molar-refractivity contribution in [3.8, 4) is 5.75 Å². The molecule has 0 unspecified atom stereocenters. The van der Waals surface area contributed by atoms with E-state index in [0.717, 1.165) is 11.3 Å². The van der Waals surface area contributed by atoms with E-state index < -0.39 is 0 Å². The van der Waals surface area contributed by atoms with E-state index in [4.69, 9.17) is 10.5 Å². The summed E-state index contributed by atoms with van der Waals surface area (Å²) in [6, 6.07) is 1.87. The number of nitrogens with two attached hydrogens (primary N) is 1. The van der Waals surface area contributed by atoms with Gasteiger partial charge in [0, 0.05) is 18.3 Å². The van der Waals surface area contributed by atoms with Crippen molar-refractivity contribution < 1.29 is 4.74 Å². The highest BCUT2D eigenvalue weighted by atomic mass is 16.5. The number of hydrogen-bond donors (Lipinski definition) is 1. The molecule has 3 heteroatoms. The summed E-state index contributed by atoms with van der Waals surface area (Å²) in [6.07, 6.45) is 3.40. The maximum atomic E-state index is 5.47. The highest BCUT2D eigenvalue weighted by Crippen LogP contribution is 2.14. The molecule has 11 heavy (non-hydrogen) atoms. The Morgan fingerprint density at radius 2 is 2.45 bits per heavy atom. The lowest BCUT2D eigenvalue weighted by Gasteiger charge is -2.05. The summed E-state index contributed by atoms with van der Waals surface area (Å²) in [7, 11) is 0. The lowest BCUT2D eigenvalue weighted by atomic mass is 10.2. The normalized spacial score (nSPS) is 9.64. The first-order valence-corrected chi connectivity index (χ1v) is 3.64. The van der Waals surface area contributed by atoms with Gasteiger partial charge in [-0.05, 0) is 13.0 Å². The first kappa shape index (κ1) is 8.01. The smallest absolute Gasteiger partial charge is 0.142 e. The van der Waals surface area contributed by atoms with Crippen molar-refractivity contribution in [2.45, 2.75) is 13.5 Å². The minimum atomic E-state index is 0.498. The third-order valence-corrected chi connectivity index (χ3v) is 1.39. The molecule has 0 amide bonds. The Bertz CT molecular complexity index is 225. The topological polar surface area (TPSA) is 48.1 Å². The molecule has 0 radical (unpaired) electrons. The molecule has 0 spiro atoms. The van der Waals surface area contributed by atoms with Crippen LogP contribution in [0, 0.1) is 0 Å². The number of ether oxygens (including phenoxy) is 1. The van der Waals surface area contributed by atoms with Crippen molar-refractivity contribution in [3.63, 3.8) is 0 Å². The van der Waals surface area contributed by atoms with Crippen LogP contribution in [0.15, 0.2) is 18.5 Å². The SMILES string of the molecule is CCOc1cnccc1CN. The van der Waals surface area contributed by atoms with Gasteiger partial charge in [0.25, 0.3) is 0 Å². The van der Waals surface area contributed by atoms with Crippen LogP contribution in [-0.2, 0) is 6.54 Å². The average Bonchev–Trinajstić information content (AvgIpc) is 2.06. The Morgan fingerprint density at radius 3 is 3.09 bits per heavy atom. The maximum absolute atomic E-state index is 5.47. The number of pyridine rings is 1. The highest BCUT2D eigenvalue weighted by molar-refractivity contribution is 5.29. The molecule has 3 nitrogen and oxygen atoms in total. The first-order chi connectivity index (χ1) is 5.38. The number of nitrogens with zero attached hydrogens (tertiary/aromatic N) is 1. The lowest BCUT2D eigenvalue weighted by Crippen LogP contribution is -2.02. The molecule has 1 aromatic heterocycles. The fourth-order valence-electron chi connectivity index (χ4n) is 0.863. The van der Waals surface area contributed by atoms with Crippen LogP contribution < -0.4 is 10.5 Å². The van der Waals surface area contributed by atoms with Crippen molar-refractivity contribution in [2.75, 3.05) is 6.61 Å². The second-order valence-electron chi connectivity index (χ2n) is 2.12. The van der Waals surface area contributed by atoms with Crippen molar-refractivity contribution in [2.24, 2.45) is 5.73 Å². The monoisotopic (exact) mass is 152 g/mol. The Balaban J connectivity index is 2.83. The summed E-state index contributed by atoms with van der Waals surface area (Å²) < 4.78 is 5.29. The molecule has 0 saturated carbocycles. The molecule has 0 saturated heterocycles. The molecule has 0 bridgehead atoms. The van der Waals surface area contributed by atoms with E-state index in [0.29, 0.717) is 13.2 Å². The van der Waals surface area contributed by atoms with Crippen LogP contribution in [0.3, 0.4) is 0 Å². The largest absolute Gasteiger partial charge is 0.492 e. The molecule has 1 rings (SSSR count). The lowest BCUT2D eigenvalue weighted by molar-refractivity contribution is 0.335. The Labute approximate surface area is 66.2 Å². The predicted octanol–water partition coefficient (Wildman–Crippen LogP) is 0.939. The van der Waals surface area contributed by atoms with Crippen LogP contribution in [0.4, 0.5) is 0 Å². The summed E-state index contributed by atoms with van der Waals surface area (Å²) in [5.41, 5.74) is 6.47. The van der Waals surface area contributed by atoms with Crippen molar-refractivity contribution in [1.29, 1.82) is 0 Å². The number of hydrogen-bond acceptors (Lipinski definition) is 3. The molecular weight excluding hydrogens is 140 g/mol.